The van der Waals surface area contributed by atoms with Gasteiger partial charge in [-0.05, 0) is 36.4 Å². The van der Waals surface area contributed by atoms with Crippen LogP contribution in [0.25, 0.3) is 6.08 Å². The minimum atomic E-state index is -0.127. The first-order valence-corrected chi connectivity index (χ1v) is 8.06. The first-order valence-electron chi connectivity index (χ1n) is 6.84. The summed E-state index contributed by atoms with van der Waals surface area (Å²) in [4.78, 5) is 14.5. The van der Waals surface area contributed by atoms with Crippen LogP contribution in [-0.4, -0.2) is 28.9 Å². The molecule has 1 aliphatic heterocycles. The number of nitrogens with one attached hydrogen (secondary N) is 1. The maximum atomic E-state index is 12.4. The Kier molecular flexibility index (Phi) is 4.68. The van der Waals surface area contributed by atoms with Gasteiger partial charge in [-0.1, -0.05) is 24.0 Å². The van der Waals surface area contributed by atoms with E-state index in [4.69, 9.17) is 21.4 Å². The van der Waals surface area contributed by atoms with E-state index in [1.165, 1.54) is 16.7 Å². The van der Waals surface area contributed by atoms with Gasteiger partial charge in [0.05, 0.1) is 24.9 Å². The number of anilines is 1. The Morgan fingerprint density at radius 2 is 2.13 bits per heavy atom. The molecule has 118 valence electrons. The molecular formula is C16H14N2O3S2. The van der Waals surface area contributed by atoms with Crippen LogP contribution in [-0.2, 0) is 4.79 Å². The van der Waals surface area contributed by atoms with Gasteiger partial charge in [-0.2, -0.15) is 0 Å². The quantitative estimate of drug-likeness (QED) is 0.660. The van der Waals surface area contributed by atoms with Crippen molar-refractivity contribution < 1.29 is 13.9 Å². The van der Waals surface area contributed by atoms with E-state index in [1.807, 2.05) is 24.3 Å². The summed E-state index contributed by atoms with van der Waals surface area (Å²) >= 11 is 6.55. The maximum Gasteiger partial charge on any atom is 0.267 e. The predicted octanol–water partition coefficient (Wildman–Crippen LogP) is 3.56. The third-order valence-corrected chi connectivity index (χ3v) is 4.60. The summed E-state index contributed by atoms with van der Waals surface area (Å²) in [5, 5.41) is 3.18. The molecule has 0 radical (unpaired) electrons. The molecule has 0 unspecified atom stereocenters. The zero-order valence-corrected chi connectivity index (χ0v) is 13.9. The van der Waals surface area contributed by atoms with Crippen LogP contribution in [0.4, 0.5) is 5.69 Å². The molecule has 0 atom stereocenters. The second kappa shape index (κ2) is 6.89. The van der Waals surface area contributed by atoms with Gasteiger partial charge in [0.1, 0.15) is 15.8 Å². The Bertz CT molecular complexity index is 739. The van der Waals surface area contributed by atoms with Crippen LogP contribution in [0, 0.1) is 0 Å². The van der Waals surface area contributed by atoms with Crippen LogP contribution in [0.5, 0.6) is 5.75 Å². The van der Waals surface area contributed by atoms with Gasteiger partial charge in [0.15, 0.2) is 0 Å². The molecule has 1 N–H and O–H groups in total. The lowest BCUT2D eigenvalue weighted by molar-refractivity contribution is -0.121. The van der Waals surface area contributed by atoms with Crippen molar-refractivity contribution in [1.82, 2.24) is 4.90 Å². The fourth-order valence-electron chi connectivity index (χ4n) is 2.02. The number of nitrogens with zero attached hydrogens (tertiary/aromatic N) is 1. The lowest BCUT2D eigenvalue weighted by atomic mass is 10.3. The van der Waals surface area contributed by atoms with E-state index in [1.54, 1.807) is 31.6 Å². The largest absolute Gasteiger partial charge is 0.497 e. The van der Waals surface area contributed by atoms with Crippen LogP contribution in [0.1, 0.15) is 5.76 Å². The molecule has 1 aliphatic rings. The van der Waals surface area contributed by atoms with E-state index in [-0.39, 0.29) is 5.91 Å². The number of benzene rings is 1. The predicted molar refractivity (Wildman–Crippen MR) is 95.2 cm³/mol. The number of thiocarbonyl (C=S) groups is 1. The minimum Gasteiger partial charge on any atom is -0.497 e. The smallest absolute Gasteiger partial charge is 0.267 e. The highest BCUT2D eigenvalue weighted by molar-refractivity contribution is 8.26. The average Bonchev–Trinajstić information content (AvgIpc) is 3.16. The topological polar surface area (TPSA) is 54.7 Å². The van der Waals surface area contributed by atoms with E-state index in [0.29, 0.717) is 21.7 Å². The maximum absolute atomic E-state index is 12.4. The van der Waals surface area contributed by atoms with E-state index in [2.05, 4.69) is 5.32 Å². The number of hydrogen-bond donors (Lipinski definition) is 1. The number of methoxy groups -OCH3 is 1. The highest BCUT2D eigenvalue weighted by Gasteiger charge is 2.31. The number of furan rings is 1. The van der Waals surface area contributed by atoms with E-state index >= 15 is 0 Å². The van der Waals surface area contributed by atoms with Crippen molar-refractivity contribution in [2.75, 3.05) is 19.1 Å². The number of carbonyl (C=O) groups is 1. The van der Waals surface area contributed by atoms with Gasteiger partial charge < -0.3 is 14.5 Å². The molecule has 3 rings (SSSR count). The summed E-state index contributed by atoms with van der Waals surface area (Å²) in [6.45, 7) is 0.312. The minimum absolute atomic E-state index is 0.127. The summed E-state index contributed by atoms with van der Waals surface area (Å²) in [5.74, 6) is 1.29. The molecule has 0 bridgehead atoms. The number of hydrogen-bond acceptors (Lipinski definition) is 6. The van der Waals surface area contributed by atoms with Gasteiger partial charge in [0.25, 0.3) is 5.91 Å². The zero-order chi connectivity index (χ0) is 16.2. The van der Waals surface area contributed by atoms with Crippen molar-refractivity contribution >= 4 is 46.0 Å². The van der Waals surface area contributed by atoms with Crippen molar-refractivity contribution in [2.24, 2.45) is 0 Å². The molecule has 7 heteroatoms. The molecule has 2 aromatic rings. The number of thioether (sulfide) groups is 1. The second-order valence-electron chi connectivity index (χ2n) is 4.69. The van der Waals surface area contributed by atoms with Crippen molar-refractivity contribution in [1.29, 1.82) is 0 Å². The highest BCUT2D eigenvalue weighted by Crippen LogP contribution is 2.32. The monoisotopic (exact) mass is 346 g/mol. The summed E-state index contributed by atoms with van der Waals surface area (Å²) in [7, 11) is 1.62. The fourth-order valence-corrected chi connectivity index (χ4v) is 3.25. The number of rotatable bonds is 5. The first-order chi connectivity index (χ1) is 11.2. The highest BCUT2D eigenvalue weighted by atomic mass is 32.2. The van der Waals surface area contributed by atoms with Crippen molar-refractivity contribution in [3.63, 3.8) is 0 Å². The molecule has 1 saturated heterocycles. The lowest BCUT2D eigenvalue weighted by Crippen LogP contribution is -2.33. The molecule has 0 saturated carbocycles. The third kappa shape index (κ3) is 3.57. The SMILES string of the molecule is COc1ccc(NCN2C(=O)/C(=C/c3ccco3)SC2=S)cc1. The summed E-state index contributed by atoms with van der Waals surface area (Å²) in [6.07, 6.45) is 3.27. The Hall–Kier alpha value is -2.25. The van der Waals surface area contributed by atoms with E-state index in [0.717, 1.165) is 11.4 Å². The molecule has 1 fully saturated rings. The third-order valence-electron chi connectivity index (χ3n) is 3.22. The molecule has 0 aliphatic carbocycles. The van der Waals surface area contributed by atoms with Gasteiger partial charge in [-0.25, -0.2) is 0 Å². The molecular weight excluding hydrogens is 332 g/mol. The Morgan fingerprint density at radius 1 is 1.35 bits per heavy atom. The molecule has 1 aromatic heterocycles. The van der Waals surface area contributed by atoms with E-state index < -0.39 is 0 Å². The number of amides is 1. The Morgan fingerprint density at radius 3 is 2.78 bits per heavy atom. The van der Waals surface area contributed by atoms with Crippen LogP contribution in [0.3, 0.4) is 0 Å². The summed E-state index contributed by atoms with van der Waals surface area (Å²) < 4.78 is 10.9. The van der Waals surface area contributed by atoms with Gasteiger partial charge in [0, 0.05) is 11.8 Å². The molecule has 5 nitrogen and oxygen atoms in total. The van der Waals surface area contributed by atoms with Crippen LogP contribution in [0.15, 0.2) is 52.0 Å². The van der Waals surface area contributed by atoms with Crippen LogP contribution >= 0.6 is 24.0 Å². The summed E-state index contributed by atoms with van der Waals surface area (Å²) in [6, 6.07) is 11.0. The molecule has 1 amide bonds. The number of carbonyl (C=O) groups excluding carboxylic acids is 1. The van der Waals surface area contributed by atoms with Crippen molar-refractivity contribution in [3.05, 3.63) is 53.3 Å². The van der Waals surface area contributed by atoms with Gasteiger partial charge >= 0.3 is 0 Å². The Labute approximate surface area is 143 Å². The zero-order valence-electron chi connectivity index (χ0n) is 12.3. The molecule has 23 heavy (non-hydrogen) atoms. The van der Waals surface area contributed by atoms with Gasteiger partial charge in [0.2, 0.25) is 0 Å². The standard InChI is InChI=1S/C16H14N2O3S2/c1-20-12-6-4-11(5-7-12)17-10-18-15(19)14(23-16(18)22)9-13-3-2-8-21-13/h2-9,17H,10H2,1H3/b14-9-. The normalized spacial score (nSPS) is 16.2. The second-order valence-corrected chi connectivity index (χ2v) is 6.36. The van der Waals surface area contributed by atoms with Gasteiger partial charge in [-0.15, -0.1) is 0 Å². The molecule has 2 heterocycles. The average molecular weight is 346 g/mol. The van der Waals surface area contributed by atoms with Gasteiger partial charge in [-0.3, -0.25) is 9.69 Å². The summed E-state index contributed by atoms with van der Waals surface area (Å²) in [5.41, 5.74) is 0.884. The van der Waals surface area contributed by atoms with Crippen molar-refractivity contribution in [2.45, 2.75) is 0 Å². The molecule has 1 aromatic carbocycles. The van der Waals surface area contributed by atoms with Crippen LogP contribution in [0.2, 0.25) is 0 Å². The van der Waals surface area contributed by atoms with Crippen molar-refractivity contribution in [3.8, 4) is 5.75 Å². The Balaban J connectivity index is 1.66. The lowest BCUT2D eigenvalue weighted by Gasteiger charge is -2.16. The molecule has 0 spiro atoms. The number of ether oxygens (including phenoxy) is 1. The fraction of sp³-hybridized carbons (Fsp3) is 0.125. The first kappa shape index (κ1) is 15.6. The van der Waals surface area contributed by atoms with E-state index in [9.17, 15) is 4.79 Å². The van der Waals surface area contributed by atoms with Crippen LogP contribution < -0.4 is 10.1 Å².